The molecule has 1 N–H and O–H groups in total. The van der Waals surface area contributed by atoms with E-state index in [-0.39, 0.29) is 5.91 Å². The summed E-state index contributed by atoms with van der Waals surface area (Å²) in [4.78, 5) is 14.2. The Morgan fingerprint density at radius 3 is 2.62 bits per heavy atom. The van der Waals surface area contributed by atoms with E-state index in [9.17, 15) is 4.79 Å². The molecule has 3 fully saturated rings. The molecule has 0 spiro atoms. The Hall–Kier alpha value is -0.0900. The lowest BCUT2D eigenvalue weighted by Crippen LogP contribution is -2.57. The third-order valence-corrected chi connectivity index (χ3v) is 4.35. The van der Waals surface area contributed by atoms with Gasteiger partial charge in [-0.05, 0) is 44.7 Å². The zero-order valence-electron chi connectivity index (χ0n) is 9.75. The molecule has 16 heavy (non-hydrogen) atoms. The van der Waals surface area contributed by atoms with Gasteiger partial charge in [-0.3, -0.25) is 4.79 Å². The lowest BCUT2D eigenvalue weighted by molar-refractivity contribution is -0.123. The maximum atomic E-state index is 11.7. The number of nitrogens with one attached hydrogen (secondary N) is 1. The van der Waals surface area contributed by atoms with E-state index >= 15 is 0 Å². The summed E-state index contributed by atoms with van der Waals surface area (Å²) in [5.74, 6) is 0.991. The number of piperidine rings is 3. The average Bonchev–Trinajstić information content (AvgIpc) is 2.31. The van der Waals surface area contributed by atoms with Crippen LogP contribution in [-0.2, 0) is 4.79 Å². The van der Waals surface area contributed by atoms with Crippen molar-refractivity contribution < 1.29 is 4.79 Å². The first kappa shape index (κ1) is 12.4. The van der Waals surface area contributed by atoms with Crippen LogP contribution in [0.3, 0.4) is 0 Å². The SMILES string of the molecule is O=C(CCCCBr)NC1CN2CCC1CC2. The number of hydrogen-bond donors (Lipinski definition) is 1. The number of unbranched alkanes of at least 4 members (excludes halogenated alkanes) is 1. The second-order valence-corrected chi connectivity index (χ2v) is 5.75. The van der Waals surface area contributed by atoms with Crippen molar-refractivity contribution in [1.82, 2.24) is 10.2 Å². The normalized spacial score (nSPS) is 32.7. The van der Waals surface area contributed by atoms with Crippen LogP contribution in [0.15, 0.2) is 0 Å². The lowest BCUT2D eigenvalue weighted by atomic mass is 9.84. The number of carbonyl (C=O) groups excluding carboxylic acids is 1. The molecule has 4 heteroatoms. The highest BCUT2D eigenvalue weighted by atomic mass is 79.9. The highest BCUT2D eigenvalue weighted by Gasteiger charge is 2.34. The second kappa shape index (κ2) is 6.01. The summed E-state index contributed by atoms with van der Waals surface area (Å²) in [5, 5.41) is 4.21. The summed E-state index contributed by atoms with van der Waals surface area (Å²) in [6.45, 7) is 3.55. The second-order valence-electron chi connectivity index (χ2n) is 4.96. The summed E-state index contributed by atoms with van der Waals surface area (Å²) >= 11 is 3.39. The van der Waals surface area contributed by atoms with Crippen molar-refractivity contribution in [3.05, 3.63) is 0 Å². The summed E-state index contributed by atoms with van der Waals surface area (Å²) in [7, 11) is 0. The van der Waals surface area contributed by atoms with E-state index < -0.39 is 0 Å². The lowest BCUT2D eigenvalue weighted by Gasteiger charge is -2.44. The number of hydrogen-bond acceptors (Lipinski definition) is 2. The molecule has 3 aliphatic heterocycles. The Labute approximate surface area is 106 Å². The van der Waals surface area contributed by atoms with Crippen LogP contribution in [0.5, 0.6) is 0 Å². The van der Waals surface area contributed by atoms with Crippen molar-refractivity contribution >= 4 is 21.8 Å². The molecule has 3 nitrogen and oxygen atoms in total. The van der Waals surface area contributed by atoms with E-state index in [2.05, 4.69) is 26.1 Å². The van der Waals surface area contributed by atoms with Gasteiger partial charge in [0.25, 0.3) is 0 Å². The molecule has 1 atom stereocenters. The van der Waals surface area contributed by atoms with Crippen molar-refractivity contribution in [2.24, 2.45) is 5.92 Å². The molecule has 3 rings (SSSR count). The molecule has 0 aliphatic carbocycles. The van der Waals surface area contributed by atoms with Crippen molar-refractivity contribution in [2.45, 2.75) is 38.1 Å². The first-order valence-electron chi connectivity index (χ1n) is 6.37. The number of rotatable bonds is 5. The third kappa shape index (κ3) is 3.20. The summed E-state index contributed by atoms with van der Waals surface area (Å²) < 4.78 is 0. The third-order valence-electron chi connectivity index (χ3n) is 3.79. The Kier molecular flexibility index (Phi) is 4.65. The summed E-state index contributed by atoms with van der Waals surface area (Å²) in [6, 6.07) is 0.430. The zero-order chi connectivity index (χ0) is 11.4. The minimum atomic E-state index is 0.250. The van der Waals surface area contributed by atoms with Gasteiger partial charge in [0, 0.05) is 24.3 Å². The van der Waals surface area contributed by atoms with E-state index in [1.54, 1.807) is 0 Å². The molecular formula is C12H21BrN2O. The van der Waals surface area contributed by atoms with E-state index in [0.717, 1.165) is 30.6 Å². The number of halogens is 1. The standard InChI is InChI=1S/C12H21BrN2O/c13-6-2-1-3-12(16)14-11-9-15-7-4-10(11)5-8-15/h10-11H,1-9H2,(H,14,16). The van der Waals surface area contributed by atoms with Gasteiger partial charge in [0.1, 0.15) is 0 Å². The molecular weight excluding hydrogens is 268 g/mol. The monoisotopic (exact) mass is 288 g/mol. The molecule has 1 amide bonds. The largest absolute Gasteiger partial charge is 0.352 e. The van der Waals surface area contributed by atoms with Gasteiger partial charge in [0.15, 0.2) is 0 Å². The molecule has 0 aromatic rings. The fraction of sp³-hybridized carbons (Fsp3) is 0.917. The molecule has 3 aliphatic rings. The van der Waals surface area contributed by atoms with Crippen molar-refractivity contribution in [1.29, 1.82) is 0 Å². The summed E-state index contributed by atoms with van der Waals surface area (Å²) in [5.41, 5.74) is 0. The van der Waals surface area contributed by atoms with Crippen molar-refractivity contribution in [3.8, 4) is 0 Å². The maximum Gasteiger partial charge on any atom is 0.220 e. The van der Waals surface area contributed by atoms with E-state index in [0.29, 0.717) is 12.5 Å². The molecule has 0 saturated carbocycles. The van der Waals surface area contributed by atoms with Gasteiger partial charge in [-0.1, -0.05) is 15.9 Å². The Bertz CT molecular complexity index is 239. The van der Waals surface area contributed by atoms with Crippen LogP contribution in [0.25, 0.3) is 0 Å². The van der Waals surface area contributed by atoms with Gasteiger partial charge in [0.2, 0.25) is 5.91 Å². The molecule has 92 valence electrons. The van der Waals surface area contributed by atoms with Gasteiger partial charge in [0.05, 0.1) is 0 Å². The summed E-state index contributed by atoms with van der Waals surface area (Å²) in [6.07, 6.45) is 5.32. The van der Waals surface area contributed by atoms with Crippen LogP contribution >= 0.6 is 15.9 Å². The fourth-order valence-electron chi connectivity index (χ4n) is 2.79. The van der Waals surface area contributed by atoms with Crippen molar-refractivity contribution in [2.75, 3.05) is 25.0 Å². The molecule has 1 unspecified atom stereocenters. The fourth-order valence-corrected chi connectivity index (χ4v) is 3.18. The van der Waals surface area contributed by atoms with Gasteiger partial charge in [-0.25, -0.2) is 0 Å². The van der Waals surface area contributed by atoms with Crippen molar-refractivity contribution in [3.63, 3.8) is 0 Å². The van der Waals surface area contributed by atoms with Crippen LogP contribution in [-0.4, -0.2) is 41.8 Å². The average molecular weight is 289 g/mol. The highest BCUT2D eigenvalue weighted by Crippen LogP contribution is 2.27. The number of amides is 1. The van der Waals surface area contributed by atoms with Crippen LogP contribution < -0.4 is 5.32 Å². The minimum Gasteiger partial charge on any atom is -0.352 e. The minimum absolute atomic E-state index is 0.250. The van der Waals surface area contributed by atoms with Gasteiger partial charge in [-0.15, -0.1) is 0 Å². The molecule has 3 heterocycles. The van der Waals surface area contributed by atoms with Gasteiger partial charge < -0.3 is 10.2 Å². The predicted octanol–water partition coefficient (Wildman–Crippen LogP) is 1.76. The molecule has 0 radical (unpaired) electrons. The van der Waals surface area contributed by atoms with Crippen LogP contribution in [0.2, 0.25) is 0 Å². The quantitative estimate of drug-likeness (QED) is 0.618. The first-order valence-corrected chi connectivity index (χ1v) is 7.49. The topological polar surface area (TPSA) is 32.3 Å². The van der Waals surface area contributed by atoms with Gasteiger partial charge >= 0.3 is 0 Å². The van der Waals surface area contributed by atoms with Crippen LogP contribution in [0, 0.1) is 5.92 Å². The first-order chi connectivity index (χ1) is 7.79. The van der Waals surface area contributed by atoms with Gasteiger partial charge in [-0.2, -0.15) is 0 Å². The number of carbonyl (C=O) groups is 1. The highest BCUT2D eigenvalue weighted by molar-refractivity contribution is 9.09. The molecule has 2 bridgehead atoms. The maximum absolute atomic E-state index is 11.7. The number of nitrogens with zero attached hydrogens (tertiary/aromatic N) is 1. The Morgan fingerprint density at radius 1 is 1.31 bits per heavy atom. The number of alkyl halides is 1. The van der Waals surface area contributed by atoms with E-state index in [1.165, 1.54) is 25.9 Å². The zero-order valence-corrected chi connectivity index (χ0v) is 11.3. The predicted molar refractivity (Wildman–Crippen MR) is 68.7 cm³/mol. The van der Waals surface area contributed by atoms with E-state index in [4.69, 9.17) is 0 Å². The van der Waals surface area contributed by atoms with Crippen LogP contribution in [0.1, 0.15) is 32.1 Å². The molecule has 0 aromatic carbocycles. The smallest absolute Gasteiger partial charge is 0.220 e. The van der Waals surface area contributed by atoms with Crippen LogP contribution in [0.4, 0.5) is 0 Å². The molecule has 3 saturated heterocycles. The Balaban J connectivity index is 1.70. The molecule has 0 aromatic heterocycles. The Morgan fingerprint density at radius 2 is 2.06 bits per heavy atom. The number of fused-ring (bicyclic) bond motifs is 3. The van der Waals surface area contributed by atoms with E-state index in [1.807, 2.05) is 0 Å².